The molecule has 2 aliphatic rings. The molecule has 0 aromatic rings. The summed E-state index contributed by atoms with van der Waals surface area (Å²) in [4.78, 5) is 24.8. The van der Waals surface area contributed by atoms with Crippen LogP contribution in [0.5, 0.6) is 0 Å². The van der Waals surface area contributed by atoms with E-state index in [0.717, 1.165) is 6.42 Å². The van der Waals surface area contributed by atoms with Crippen LogP contribution < -0.4 is 0 Å². The van der Waals surface area contributed by atoms with Crippen molar-refractivity contribution in [2.75, 3.05) is 13.2 Å². The smallest absolute Gasteiger partial charge is 0.416 e. The number of amides is 2. The Morgan fingerprint density at radius 1 is 1.50 bits per heavy atom. The van der Waals surface area contributed by atoms with E-state index in [1.807, 2.05) is 6.92 Å². The average Bonchev–Trinajstić information content (AvgIpc) is 2.64. The number of carbonyl (C=O) groups excluding carboxylic acids is 2. The number of allylic oxidation sites excluding steroid dienone is 2. The molecule has 16 heavy (non-hydrogen) atoms. The molecule has 0 aromatic carbocycles. The van der Waals surface area contributed by atoms with Gasteiger partial charge in [0.05, 0.1) is 6.54 Å². The van der Waals surface area contributed by atoms with E-state index in [9.17, 15) is 9.59 Å². The highest BCUT2D eigenvalue weighted by Crippen LogP contribution is 2.32. The lowest BCUT2D eigenvalue weighted by Crippen LogP contribution is -2.42. The van der Waals surface area contributed by atoms with Gasteiger partial charge in [-0.05, 0) is 18.3 Å². The minimum absolute atomic E-state index is 0.0770. The maximum Gasteiger partial charge on any atom is 0.416 e. The fraction of sp³-hybridized carbons (Fsp3) is 0.667. The van der Waals surface area contributed by atoms with E-state index >= 15 is 0 Å². The molecule has 1 aliphatic heterocycles. The predicted molar refractivity (Wildman–Crippen MR) is 58.6 cm³/mol. The lowest BCUT2D eigenvalue weighted by atomic mass is 9.77. The van der Waals surface area contributed by atoms with Gasteiger partial charge in [0.1, 0.15) is 6.61 Å². The van der Waals surface area contributed by atoms with Crippen LogP contribution in [0.1, 0.15) is 20.3 Å². The van der Waals surface area contributed by atoms with E-state index in [2.05, 4.69) is 19.1 Å². The standard InChI is InChI=1S/C12H17NO3/c1-8-4-3-5-9(2)10(8)11(14)13-6-7-16-12(13)15/h3-4,8-10H,5-7H2,1-2H3/t8-,9+,10+/m0/s1. The second-order valence-electron chi connectivity index (χ2n) is 4.63. The van der Waals surface area contributed by atoms with Gasteiger partial charge < -0.3 is 4.74 Å². The van der Waals surface area contributed by atoms with Gasteiger partial charge in [-0.15, -0.1) is 0 Å². The largest absolute Gasteiger partial charge is 0.447 e. The first kappa shape index (κ1) is 11.2. The van der Waals surface area contributed by atoms with Crippen LogP contribution in [0.2, 0.25) is 0 Å². The van der Waals surface area contributed by atoms with Crippen molar-refractivity contribution >= 4 is 12.0 Å². The zero-order valence-corrected chi connectivity index (χ0v) is 9.68. The Labute approximate surface area is 95.2 Å². The minimum Gasteiger partial charge on any atom is -0.447 e. The highest BCUT2D eigenvalue weighted by Gasteiger charge is 2.38. The molecule has 0 saturated carbocycles. The minimum atomic E-state index is -0.487. The Kier molecular flexibility index (Phi) is 2.99. The molecule has 1 saturated heterocycles. The number of rotatable bonds is 1. The lowest BCUT2D eigenvalue weighted by molar-refractivity contribution is -0.135. The summed E-state index contributed by atoms with van der Waals surface area (Å²) in [6, 6.07) is 0. The van der Waals surface area contributed by atoms with Crippen LogP contribution in [-0.4, -0.2) is 30.1 Å². The molecule has 0 bridgehead atoms. The summed E-state index contributed by atoms with van der Waals surface area (Å²) < 4.78 is 4.80. The summed E-state index contributed by atoms with van der Waals surface area (Å²) in [5.74, 6) is 0.327. The predicted octanol–water partition coefficient (Wildman–Crippen LogP) is 1.81. The Bertz CT molecular complexity index is 337. The summed E-state index contributed by atoms with van der Waals surface area (Å²) in [6.07, 6.45) is 4.59. The summed E-state index contributed by atoms with van der Waals surface area (Å²) in [5.41, 5.74) is 0. The van der Waals surface area contributed by atoms with Gasteiger partial charge in [-0.3, -0.25) is 4.79 Å². The lowest BCUT2D eigenvalue weighted by Gasteiger charge is -2.31. The normalized spacial score (nSPS) is 34.0. The molecule has 1 aliphatic carbocycles. The molecular weight excluding hydrogens is 206 g/mol. The number of hydrogen-bond donors (Lipinski definition) is 0. The molecule has 1 heterocycles. The summed E-state index contributed by atoms with van der Waals surface area (Å²) in [5, 5.41) is 0. The van der Waals surface area contributed by atoms with Crippen molar-refractivity contribution < 1.29 is 14.3 Å². The molecule has 4 nitrogen and oxygen atoms in total. The molecule has 1 fully saturated rings. The molecule has 3 atom stereocenters. The average molecular weight is 223 g/mol. The number of carbonyl (C=O) groups is 2. The fourth-order valence-electron chi connectivity index (χ4n) is 2.53. The number of hydrogen-bond acceptors (Lipinski definition) is 3. The van der Waals surface area contributed by atoms with Crippen molar-refractivity contribution in [2.24, 2.45) is 17.8 Å². The Hall–Kier alpha value is -1.32. The number of cyclic esters (lactones) is 1. The van der Waals surface area contributed by atoms with Crippen LogP contribution in [-0.2, 0) is 9.53 Å². The highest BCUT2D eigenvalue weighted by molar-refractivity contribution is 5.94. The van der Waals surface area contributed by atoms with Crippen molar-refractivity contribution in [1.29, 1.82) is 0 Å². The maximum atomic E-state index is 12.2. The van der Waals surface area contributed by atoms with E-state index < -0.39 is 6.09 Å². The van der Waals surface area contributed by atoms with Gasteiger partial charge in [0.25, 0.3) is 0 Å². The van der Waals surface area contributed by atoms with Gasteiger partial charge >= 0.3 is 6.09 Å². The Morgan fingerprint density at radius 3 is 2.81 bits per heavy atom. The SMILES string of the molecule is C[C@@H]1CC=C[C@H](C)[C@H]1C(=O)N1CCOC1=O. The van der Waals surface area contributed by atoms with Crippen molar-refractivity contribution in [1.82, 2.24) is 4.90 Å². The molecule has 0 spiro atoms. The quantitative estimate of drug-likeness (QED) is 0.637. The monoisotopic (exact) mass is 223 g/mol. The van der Waals surface area contributed by atoms with Gasteiger partial charge in [0.15, 0.2) is 0 Å². The van der Waals surface area contributed by atoms with E-state index in [-0.39, 0.29) is 17.7 Å². The van der Waals surface area contributed by atoms with E-state index in [1.54, 1.807) is 0 Å². The van der Waals surface area contributed by atoms with E-state index in [4.69, 9.17) is 4.74 Å². The molecule has 2 amide bonds. The van der Waals surface area contributed by atoms with Crippen LogP contribution in [0.15, 0.2) is 12.2 Å². The first-order valence-corrected chi connectivity index (χ1v) is 5.76. The maximum absolute atomic E-state index is 12.2. The van der Waals surface area contributed by atoms with Crippen molar-refractivity contribution in [3.8, 4) is 0 Å². The Balaban J connectivity index is 2.14. The van der Waals surface area contributed by atoms with Crippen LogP contribution in [0.25, 0.3) is 0 Å². The van der Waals surface area contributed by atoms with E-state index in [1.165, 1.54) is 4.90 Å². The summed E-state index contributed by atoms with van der Waals surface area (Å²) in [6.45, 7) is 4.81. The van der Waals surface area contributed by atoms with Crippen molar-refractivity contribution in [3.63, 3.8) is 0 Å². The zero-order chi connectivity index (χ0) is 11.7. The fourth-order valence-corrected chi connectivity index (χ4v) is 2.53. The molecule has 0 aromatic heterocycles. The topological polar surface area (TPSA) is 46.6 Å². The van der Waals surface area contributed by atoms with E-state index in [0.29, 0.717) is 19.1 Å². The summed E-state index contributed by atoms with van der Waals surface area (Å²) >= 11 is 0. The van der Waals surface area contributed by atoms with Crippen LogP contribution in [0.4, 0.5) is 4.79 Å². The van der Waals surface area contributed by atoms with Crippen molar-refractivity contribution in [2.45, 2.75) is 20.3 Å². The number of ether oxygens (including phenoxy) is 1. The third-order valence-corrected chi connectivity index (χ3v) is 3.44. The third kappa shape index (κ3) is 1.84. The number of imide groups is 1. The van der Waals surface area contributed by atoms with Crippen molar-refractivity contribution in [3.05, 3.63) is 12.2 Å². The molecule has 88 valence electrons. The van der Waals surface area contributed by atoms with Crippen LogP contribution in [0.3, 0.4) is 0 Å². The number of nitrogens with zero attached hydrogens (tertiary/aromatic N) is 1. The van der Waals surface area contributed by atoms with Crippen LogP contribution >= 0.6 is 0 Å². The van der Waals surface area contributed by atoms with Crippen LogP contribution in [0, 0.1) is 17.8 Å². The molecule has 0 radical (unpaired) electrons. The Morgan fingerprint density at radius 2 is 2.25 bits per heavy atom. The molecular formula is C12H17NO3. The first-order chi connectivity index (χ1) is 7.61. The van der Waals surface area contributed by atoms with Gasteiger partial charge in [-0.1, -0.05) is 26.0 Å². The molecule has 0 N–H and O–H groups in total. The summed E-state index contributed by atoms with van der Waals surface area (Å²) in [7, 11) is 0. The molecule has 2 rings (SSSR count). The zero-order valence-electron chi connectivity index (χ0n) is 9.68. The second kappa shape index (κ2) is 4.28. The van der Waals surface area contributed by atoms with Gasteiger partial charge in [-0.25, -0.2) is 9.69 Å². The highest BCUT2D eigenvalue weighted by atomic mass is 16.6. The molecule has 4 heteroatoms. The van der Waals surface area contributed by atoms with Gasteiger partial charge in [-0.2, -0.15) is 0 Å². The molecule has 0 unspecified atom stereocenters. The third-order valence-electron chi connectivity index (χ3n) is 3.44. The second-order valence-corrected chi connectivity index (χ2v) is 4.63. The van der Waals surface area contributed by atoms with Gasteiger partial charge in [0, 0.05) is 5.92 Å². The first-order valence-electron chi connectivity index (χ1n) is 5.76. The van der Waals surface area contributed by atoms with Gasteiger partial charge in [0.2, 0.25) is 5.91 Å².